The third-order valence-corrected chi connectivity index (χ3v) is 4.68. The molecule has 1 heterocycles. The fourth-order valence-corrected chi connectivity index (χ4v) is 3.06. The second kappa shape index (κ2) is 9.19. The third kappa shape index (κ3) is 5.56. The summed E-state index contributed by atoms with van der Waals surface area (Å²) >= 11 is 0. The zero-order valence-corrected chi connectivity index (χ0v) is 15.6. The Balaban J connectivity index is 1.43. The minimum atomic E-state index is -0.597. The first-order valence-electron chi connectivity index (χ1n) is 9.29. The van der Waals surface area contributed by atoms with Crippen LogP contribution in [0, 0.1) is 0 Å². The molecule has 3 amide bonds. The van der Waals surface area contributed by atoms with Crippen LogP contribution in [0.4, 0.5) is 10.5 Å². The largest absolute Gasteiger partial charge is 0.326 e. The molecule has 3 rings (SSSR count). The van der Waals surface area contributed by atoms with Gasteiger partial charge in [0.25, 0.3) is 0 Å². The lowest BCUT2D eigenvalue weighted by Crippen LogP contribution is -2.54. The van der Waals surface area contributed by atoms with Crippen LogP contribution in [0.1, 0.15) is 12.5 Å². The van der Waals surface area contributed by atoms with Gasteiger partial charge in [0.05, 0.1) is 0 Å². The van der Waals surface area contributed by atoms with Gasteiger partial charge in [0.15, 0.2) is 0 Å². The summed E-state index contributed by atoms with van der Waals surface area (Å²) in [6, 6.07) is 18.8. The van der Waals surface area contributed by atoms with Crippen LogP contribution in [0.25, 0.3) is 0 Å². The average molecular weight is 366 g/mol. The Morgan fingerprint density at radius 2 is 1.52 bits per heavy atom. The van der Waals surface area contributed by atoms with Crippen LogP contribution in [0.5, 0.6) is 0 Å². The number of hydrogen-bond donors (Lipinski definition) is 2. The van der Waals surface area contributed by atoms with E-state index >= 15 is 0 Å². The molecular weight excluding hydrogens is 340 g/mol. The topological polar surface area (TPSA) is 64.7 Å². The molecule has 2 aromatic rings. The van der Waals surface area contributed by atoms with Crippen molar-refractivity contribution in [3.8, 4) is 0 Å². The predicted octanol–water partition coefficient (Wildman–Crippen LogP) is 2.54. The third-order valence-electron chi connectivity index (χ3n) is 4.68. The Morgan fingerprint density at radius 3 is 2.15 bits per heavy atom. The number of benzene rings is 2. The summed E-state index contributed by atoms with van der Waals surface area (Å²) in [6.07, 6.45) is 0. The van der Waals surface area contributed by atoms with Crippen molar-refractivity contribution in [2.24, 2.45) is 0 Å². The molecule has 1 aliphatic rings. The number of amides is 3. The van der Waals surface area contributed by atoms with E-state index in [0.717, 1.165) is 25.3 Å². The van der Waals surface area contributed by atoms with Crippen molar-refractivity contribution in [1.82, 2.24) is 15.1 Å². The molecule has 0 radical (unpaired) electrons. The van der Waals surface area contributed by atoms with E-state index in [-0.39, 0.29) is 11.9 Å². The molecule has 0 bridgehead atoms. The highest BCUT2D eigenvalue weighted by Gasteiger charge is 2.24. The number of piperazine rings is 1. The van der Waals surface area contributed by atoms with Gasteiger partial charge in [-0.15, -0.1) is 0 Å². The molecule has 1 unspecified atom stereocenters. The van der Waals surface area contributed by atoms with E-state index in [1.165, 1.54) is 5.56 Å². The van der Waals surface area contributed by atoms with E-state index in [1.54, 1.807) is 11.8 Å². The Hall–Kier alpha value is -2.86. The zero-order chi connectivity index (χ0) is 19.1. The van der Waals surface area contributed by atoms with Crippen molar-refractivity contribution in [1.29, 1.82) is 0 Å². The van der Waals surface area contributed by atoms with Crippen molar-refractivity contribution in [2.75, 3.05) is 31.5 Å². The molecule has 1 atom stereocenters. The highest BCUT2D eigenvalue weighted by molar-refractivity contribution is 5.96. The molecule has 27 heavy (non-hydrogen) atoms. The molecule has 1 fully saturated rings. The Morgan fingerprint density at radius 1 is 0.926 bits per heavy atom. The van der Waals surface area contributed by atoms with Gasteiger partial charge >= 0.3 is 6.03 Å². The fourth-order valence-electron chi connectivity index (χ4n) is 3.06. The number of nitrogens with one attached hydrogen (secondary N) is 2. The monoisotopic (exact) mass is 366 g/mol. The minimum absolute atomic E-state index is 0.190. The number of hydrogen-bond acceptors (Lipinski definition) is 3. The maximum Gasteiger partial charge on any atom is 0.318 e. The molecule has 0 spiro atoms. The lowest BCUT2D eigenvalue weighted by Gasteiger charge is -2.35. The number of anilines is 1. The summed E-state index contributed by atoms with van der Waals surface area (Å²) in [5, 5.41) is 5.59. The molecular formula is C21H26N4O2. The van der Waals surface area contributed by atoms with Crippen molar-refractivity contribution < 1.29 is 9.59 Å². The Labute approximate surface area is 160 Å². The molecule has 0 saturated carbocycles. The van der Waals surface area contributed by atoms with Crippen LogP contribution in [0.3, 0.4) is 0 Å². The number of nitrogens with zero attached hydrogens (tertiary/aromatic N) is 2. The van der Waals surface area contributed by atoms with Gasteiger partial charge in [0.2, 0.25) is 5.91 Å². The van der Waals surface area contributed by atoms with Crippen molar-refractivity contribution in [3.63, 3.8) is 0 Å². The van der Waals surface area contributed by atoms with Crippen LogP contribution in [-0.2, 0) is 11.3 Å². The first-order valence-corrected chi connectivity index (χ1v) is 9.29. The van der Waals surface area contributed by atoms with Gasteiger partial charge in [-0.3, -0.25) is 9.69 Å². The number of para-hydroxylation sites is 1. The summed E-state index contributed by atoms with van der Waals surface area (Å²) in [5.74, 6) is -0.225. The SMILES string of the molecule is CC(NC(=O)N1CCN(Cc2ccccc2)CC1)C(=O)Nc1ccccc1. The number of urea groups is 1. The Bertz CT molecular complexity index is 743. The van der Waals surface area contributed by atoms with Gasteiger partial charge in [0, 0.05) is 38.4 Å². The molecule has 6 heteroatoms. The van der Waals surface area contributed by atoms with Gasteiger partial charge in [-0.25, -0.2) is 4.79 Å². The number of carbonyl (C=O) groups excluding carboxylic acids is 2. The second-order valence-corrected chi connectivity index (χ2v) is 6.78. The molecule has 2 N–H and O–H groups in total. The molecule has 0 aliphatic carbocycles. The first-order chi connectivity index (χ1) is 13.1. The molecule has 2 aromatic carbocycles. The molecule has 0 aromatic heterocycles. The summed E-state index contributed by atoms with van der Waals surface area (Å²) in [5.41, 5.74) is 2.00. The zero-order valence-electron chi connectivity index (χ0n) is 15.6. The van der Waals surface area contributed by atoms with E-state index < -0.39 is 6.04 Å². The van der Waals surface area contributed by atoms with E-state index in [0.29, 0.717) is 13.1 Å². The summed E-state index contributed by atoms with van der Waals surface area (Å²) in [6.45, 7) is 5.56. The van der Waals surface area contributed by atoms with E-state index in [2.05, 4.69) is 27.7 Å². The van der Waals surface area contributed by atoms with Gasteiger partial charge in [0.1, 0.15) is 6.04 Å². The fraction of sp³-hybridized carbons (Fsp3) is 0.333. The standard InChI is InChI=1S/C21H26N4O2/c1-17(20(26)23-19-10-6-3-7-11-19)22-21(27)25-14-12-24(13-15-25)16-18-8-4-2-5-9-18/h2-11,17H,12-16H2,1H3,(H,22,27)(H,23,26). The second-order valence-electron chi connectivity index (χ2n) is 6.78. The maximum absolute atomic E-state index is 12.4. The highest BCUT2D eigenvalue weighted by atomic mass is 16.2. The van der Waals surface area contributed by atoms with Gasteiger partial charge in [-0.05, 0) is 24.6 Å². The number of rotatable bonds is 5. The van der Waals surface area contributed by atoms with Crippen molar-refractivity contribution in [3.05, 3.63) is 66.2 Å². The van der Waals surface area contributed by atoms with Crippen molar-refractivity contribution in [2.45, 2.75) is 19.5 Å². The van der Waals surface area contributed by atoms with Crippen LogP contribution in [0.15, 0.2) is 60.7 Å². The lowest BCUT2D eigenvalue weighted by molar-refractivity contribution is -0.117. The van der Waals surface area contributed by atoms with Crippen LogP contribution < -0.4 is 10.6 Å². The lowest BCUT2D eigenvalue weighted by atomic mass is 10.2. The van der Waals surface area contributed by atoms with Crippen LogP contribution in [0.2, 0.25) is 0 Å². The quantitative estimate of drug-likeness (QED) is 0.855. The summed E-state index contributed by atoms with van der Waals surface area (Å²) in [4.78, 5) is 28.8. The van der Waals surface area contributed by atoms with E-state index in [4.69, 9.17) is 0 Å². The van der Waals surface area contributed by atoms with E-state index in [1.807, 2.05) is 48.5 Å². The van der Waals surface area contributed by atoms with E-state index in [9.17, 15) is 9.59 Å². The van der Waals surface area contributed by atoms with Gasteiger partial charge in [-0.1, -0.05) is 48.5 Å². The molecule has 142 valence electrons. The molecule has 1 saturated heterocycles. The minimum Gasteiger partial charge on any atom is -0.326 e. The van der Waals surface area contributed by atoms with Crippen LogP contribution in [-0.4, -0.2) is 54.0 Å². The van der Waals surface area contributed by atoms with Gasteiger partial charge in [-0.2, -0.15) is 0 Å². The molecule has 6 nitrogen and oxygen atoms in total. The normalized spacial score (nSPS) is 15.8. The summed E-state index contributed by atoms with van der Waals surface area (Å²) in [7, 11) is 0. The Kier molecular flexibility index (Phi) is 6.44. The van der Waals surface area contributed by atoms with Gasteiger partial charge < -0.3 is 15.5 Å². The van der Waals surface area contributed by atoms with Crippen LogP contribution >= 0.6 is 0 Å². The highest BCUT2D eigenvalue weighted by Crippen LogP contribution is 2.09. The number of carbonyl (C=O) groups is 2. The maximum atomic E-state index is 12.4. The average Bonchev–Trinajstić information content (AvgIpc) is 2.70. The van der Waals surface area contributed by atoms with Crippen molar-refractivity contribution >= 4 is 17.6 Å². The first kappa shape index (κ1) is 18.9. The smallest absolute Gasteiger partial charge is 0.318 e. The summed E-state index contributed by atoms with van der Waals surface area (Å²) < 4.78 is 0. The predicted molar refractivity (Wildman–Crippen MR) is 106 cm³/mol. The molecule has 1 aliphatic heterocycles.